The lowest BCUT2D eigenvalue weighted by molar-refractivity contribution is 0.0600. The molecule has 2 aromatic rings. The van der Waals surface area contributed by atoms with Crippen LogP contribution in [0.2, 0.25) is 19.6 Å². The highest BCUT2D eigenvalue weighted by Crippen LogP contribution is 2.29. The van der Waals surface area contributed by atoms with Crippen LogP contribution in [-0.4, -0.2) is 37.3 Å². The molecule has 1 atom stereocenters. The van der Waals surface area contributed by atoms with E-state index in [9.17, 15) is 4.79 Å². The van der Waals surface area contributed by atoms with E-state index in [1.54, 1.807) is 6.07 Å². The lowest BCUT2D eigenvalue weighted by Gasteiger charge is -2.31. The normalized spacial score (nSPS) is 12.8. The molecule has 0 spiro atoms. The van der Waals surface area contributed by atoms with E-state index in [-0.39, 0.29) is 11.8 Å². The van der Waals surface area contributed by atoms with Crippen molar-refractivity contribution in [2.24, 2.45) is 0 Å². The van der Waals surface area contributed by atoms with E-state index >= 15 is 0 Å². The Morgan fingerprint density at radius 3 is 2.59 bits per heavy atom. The molecule has 0 bridgehead atoms. The van der Waals surface area contributed by atoms with Gasteiger partial charge in [0.25, 0.3) is 0 Å². The summed E-state index contributed by atoms with van der Waals surface area (Å²) in [5.74, 6) is 0.757. The van der Waals surface area contributed by atoms with Gasteiger partial charge in [-0.05, 0) is 25.5 Å². The molecule has 2 rings (SSSR count). The number of benzene rings is 1. The fourth-order valence-corrected chi connectivity index (χ4v) is 4.85. The molecule has 0 fully saturated rings. The van der Waals surface area contributed by atoms with Gasteiger partial charge in [0.15, 0.2) is 0 Å². The summed E-state index contributed by atoms with van der Waals surface area (Å²) in [7, 11) is -0.219. The zero-order valence-electron chi connectivity index (χ0n) is 17.4. The van der Waals surface area contributed by atoms with Gasteiger partial charge in [-0.1, -0.05) is 45.1 Å². The Morgan fingerprint density at radius 2 is 2.00 bits per heavy atom. The molecular formula is C21H32N2O3Si. The van der Waals surface area contributed by atoms with Crippen LogP contribution in [0, 0.1) is 0 Å². The molecule has 0 aliphatic rings. The van der Waals surface area contributed by atoms with Crippen molar-refractivity contribution in [1.29, 1.82) is 0 Å². The SMILES string of the molecule is CCCCc1nc(-c2cccc(C(=O)OC)c2)cn1C(OCC)[Si](C)(C)C. The topological polar surface area (TPSA) is 53.3 Å². The maximum atomic E-state index is 11.9. The molecule has 6 heteroatoms. The van der Waals surface area contributed by atoms with Crippen LogP contribution in [0.1, 0.15) is 48.7 Å². The van der Waals surface area contributed by atoms with Crippen molar-refractivity contribution in [1.82, 2.24) is 9.55 Å². The number of hydrogen-bond acceptors (Lipinski definition) is 4. The van der Waals surface area contributed by atoms with Gasteiger partial charge in [0.1, 0.15) is 19.7 Å². The summed E-state index contributed by atoms with van der Waals surface area (Å²) in [6.07, 6.45) is 5.21. The smallest absolute Gasteiger partial charge is 0.337 e. The average Bonchev–Trinajstić information content (AvgIpc) is 3.06. The van der Waals surface area contributed by atoms with Crippen molar-refractivity contribution >= 4 is 14.0 Å². The van der Waals surface area contributed by atoms with E-state index in [0.717, 1.165) is 36.3 Å². The minimum atomic E-state index is -1.61. The predicted molar refractivity (Wildman–Crippen MR) is 112 cm³/mol. The van der Waals surface area contributed by atoms with Crippen molar-refractivity contribution in [2.45, 2.75) is 58.6 Å². The van der Waals surface area contributed by atoms with Crippen LogP contribution in [0.5, 0.6) is 0 Å². The first-order valence-corrected chi connectivity index (χ1v) is 13.3. The van der Waals surface area contributed by atoms with Gasteiger partial charge in [0.05, 0.1) is 18.4 Å². The van der Waals surface area contributed by atoms with Crippen molar-refractivity contribution in [2.75, 3.05) is 13.7 Å². The number of unbranched alkanes of at least 4 members (excludes halogenated alkanes) is 1. The number of ether oxygens (including phenoxy) is 2. The summed E-state index contributed by atoms with van der Waals surface area (Å²) < 4.78 is 13.2. The summed E-state index contributed by atoms with van der Waals surface area (Å²) in [6.45, 7) is 11.8. The third kappa shape index (κ3) is 5.29. The Kier molecular flexibility index (Phi) is 7.38. The lowest BCUT2D eigenvalue weighted by Crippen LogP contribution is -2.37. The van der Waals surface area contributed by atoms with Gasteiger partial charge in [-0.25, -0.2) is 9.78 Å². The fraction of sp³-hybridized carbons (Fsp3) is 0.524. The van der Waals surface area contributed by atoms with Gasteiger partial charge in [-0.3, -0.25) is 0 Å². The van der Waals surface area contributed by atoms with Crippen molar-refractivity contribution in [3.63, 3.8) is 0 Å². The van der Waals surface area contributed by atoms with E-state index in [1.807, 2.05) is 25.1 Å². The van der Waals surface area contributed by atoms with Gasteiger partial charge in [-0.2, -0.15) is 0 Å². The van der Waals surface area contributed by atoms with E-state index < -0.39 is 8.07 Å². The van der Waals surface area contributed by atoms with E-state index in [0.29, 0.717) is 12.2 Å². The van der Waals surface area contributed by atoms with E-state index in [2.05, 4.69) is 37.3 Å². The maximum absolute atomic E-state index is 11.9. The van der Waals surface area contributed by atoms with E-state index in [4.69, 9.17) is 14.5 Å². The Labute approximate surface area is 163 Å². The van der Waals surface area contributed by atoms with Crippen LogP contribution in [0.4, 0.5) is 0 Å². The van der Waals surface area contributed by atoms with Gasteiger partial charge in [0, 0.05) is 24.8 Å². The predicted octanol–water partition coefficient (Wildman–Crippen LogP) is 5.09. The molecule has 0 amide bonds. The highest BCUT2D eigenvalue weighted by atomic mass is 28.3. The molecule has 0 N–H and O–H groups in total. The highest BCUT2D eigenvalue weighted by molar-refractivity contribution is 6.76. The quantitative estimate of drug-likeness (QED) is 0.443. The molecule has 0 radical (unpaired) electrons. The number of aromatic nitrogens is 2. The number of carbonyl (C=O) groups excluding carboxylic acids is 1. The van der Waals surface area contributed by atoms with Crippen LogP contribution >= 0.6 is 0 Å². The minimum absolute atomic E-state index is 0.0411. The highest BCUT2D eigenvalue weighted by Gasteiger charge is 2.31. The van der Waals surface area contributed by atoms with Gasteiger partial charge in [-0.15, -0.1) is 0 Å². The number of hydrogen-bond donors (Lipinski definition) is 0. The first-order chi connectivity index (χ1) is 12.8. The van der Waals surface area contributed by atoms with Gasteiger partial charge < -0.3 is 14.0 Å². The maximum Gasteiger partial charge on any atom is 0.337 e. The summed E-state index contributed by atoms with van der Waals surface area (Å²) in [5.41, 5.74) is 2.32. The molecule has 0 aliphatic carbocycles. The molecule has 148 valence electrons. The van der Waals surface area contributed by atoms with Crippen LogP contribution in [-0.2, 0) is 15.9 Å². The molecule has 1 unspecified atom stereocenters. The Balaban J connectivity index is 2.50. The number of nitrogens with zero attached hydrogens (tertiary/aromatic N) is 2. The number of carbonyl (C=O) groups is 1. The molecule has 1 aromatic carbocycles. The Bertz CT molecular complexity index is 765. The molecule has 5 nitrogen and oxygen atoms in total. The first kappa shape index (κ1) is 21.4. The summed E-state index contributed by atoms with van der Waals surface area (Å²) >= 11 is 0. The molecule has 0 aliphatic heterocycles. The molecule has 1 aromatic heterocycles. The number of esters is 1. The van der Waals surface area contributed by atoms with Crippen molar-refractivity contribution in [3.05, 3.63) is 41.9 Å². The van der Waals surface area contributed by atoms with Gasteiger partial charge in [0.2, 0.25) is 0 Å². The molecule has 0 saturated carbocycles. The standard InChI is InChI=1S/C21H32N2O3Si/c1-7-9-13-19-22-18(15-23(19)21(26-8-2)27(4,5)6)16-11-10-12-17(14-16)20(24)25-3/h10-12,14-15,21H,7-9,13H2,1-6H3. The van der Waals surface area contributed by atoms with Crippen LogP contribution in [0.15, 0.2) is 30.5 Å². The second-order valence-corrected chi connectivity index (χ2v) is 13.0. The average molecular weight is 389 g/mol. The lowest BCUT2D eigenvalue weighted by atomic mass is 10.1. The Morgan fingerprint density at radius 1 is 1.26 bits per heavy atom. The number of aryl methyl sites for hydroxylation is 1. The van der Waals surface area contributed by atoms with Crippen molar-refractivity contribution in [3.8, 4) is 11.3 Å². The minimum Gasteiger partial charge on any atom is -0.465 e. The number of imidazole rings is 1. The van der Waals surface area contributed by atoms with Crippen LogP contribution < -0.4 is 0 Å². The van der Waals surface area contributed by atoms with Crippen molar-refractivity contribution < 1.29 is 14.3 Å². The summed E-state index contributed by atoms with van der Waals surface area (Å²) in [4.78, 5) is 16.8. The summed E-state index contributed by atoms with van der Waals surface area (Å²) in [5, 5.41) is 0. The first-order valence-electron chi connectivity index (χ1n) is 9.69. The zero-order valence-corrected chi connectivity index (χ0v) is 18.4. The van der Waals surface area contributed by atoms with Crippen LogP contribution in [0.3, 0.4) is 0 Å². The fourth-order valence-electron chi connectivity index (χ4n) is 3.12. The third-order valence-electron chi connectivity index (χ3n) is 4.46. The summed E-state index contributed by atoms with van der Waals surface area (Å²) in [6, 6.07) is 7.44. The molecule has 0 saturated heterocycles. The zero-order chi connectivity index (χ0) is 20.0. The molecule has 27 heavy (non-hydrogen) atoms. The third-order valence-corrected chi connectivity index (χ3v) is 6.39. The van der Waals surface area contributed by atoms with E-state index in [1.165, 1.54) is 7.11 Å². The largest absolute Gasteiger partial charge is 0.465 e. The van der Waals surface area contributed by atoms with Gasteiger partial charge >= 0.3 is 5.97 Å². The number of rotatable bonds is 9. The molecule has 1 heterocycles. The van der Waals surface area contributed by atoms with Crippen LogP contribution in [0.25, 0.3) is 11.3 Å². The number of methoxy groups -OCH3 is 1. The monoisotopic (exact) mass is 388 g/mol. The second kappa shape index (κ2) is 9.33. The second-order valence-electron chi connectivity index (χ2n) is 7.80. The Hall–Kier alpha value is -1.92. The molecular weight excluding hydrogens is 356 g/mol.